The molecule has 1 aromatic rings. The highest BCUT2D eigenvalue weighted by molar-refractivity contribution is 6.06. The average Bonchev–Trinajstić information content (AvgIpc) is 2.88. The zero-order chi connectivity index (χ0) is 14.9. The van der Waals surface area contributed by atoms with Crippen LogP contribution in [0.2, 0.25) is 0 Å². The van der Waals surface area contributed by atoms with Crippen molar-refractivity contribution in [3.05, 3.63) is 5.89 Å². The zero-order valence-corrected chi connectivity index (χ0v) is 12.1. The number of nitrogens with one attached hydrogen (secondary N) is 2. The Labute approximate surface area is 116 Å². The molecule has 1 atom stereocenters. The van der Waals surface area contributed by atoms with E-state index in [1.165, 1.54) is 7.05 Å². The number of likely N-dealkylation sites (tertiary alicyclic amines) is 1. The van der Waals surface area contributed by atoms with Crippen molar-refractivity contribution in [3.8, 4) is 0 Å². The van der Waals surface area contributed by atoms with Gasteiger partial charge in [-0.25, -0.2) is 0 Å². The maximum Gasteiger partial charge on any atom is 0.316 e. The molecule has 8 heteroatoms. The lowest BCUT2D eigenvalue weighted by molar-refractivity contribution is -0.136. The van der Waals surface area contributed by atoms with Crippen LogP contribution in [-0.4, -0.2) is 45.5 Å². The second-order valence-corrected chi connectivity index (χ2v) is 5.80. The molecule has 1 unspecified atom stereocenters. The molecule has 0 saturated carbocycles. The molecule has 2 heterocycles. The fourth-order valence-electron chi connectivity index (χ4n) is 1.74. The number of likely N-dealkylation sites (N-methyl/N-ethyl adjacent to an activating group) is 1. The monoisotopic (exact) mass is 281 g/mol. The first-order valence-electron chi connectivity index (χ1n) is 6.40. The van der Waals surface area contributed by atoms with Crippen molar-refractivity contribution in [2.24, 2.45) is 0 Å². The number of nitrogens with zero attached hydrogens (tertiary/aromatic N) is 3. The number of anilines is 1. The summed E-state index contributed by atoms with van der Waals surface area (Å²) in [7, 11) is 1.46. The first kappa shape index (κ1) is 14.4. The van der Waals surface area contributed by atoms with Gasteiger partial charge in [0.2, 0.25) is 11.8 Å². The molecule has 1 aliphatic rings. The van der Waals surface area contributed by atoms with Crippen LogP contribution in [0.1, 0.15) is 33.1 Å². The van der Waals surface area contributed by atoms with Gasteiger partial charge < -0.3 is 15.1 Å². The third-order valence-corrected chi connectivity index (χ3v) is 2.92. The minimum atomic E-state index is -0.628. The van der Waals surface area contributed by atoms with Crippen molar-refractivity contribution < 1.29 is 14.0 Å². The van der Waals surface area contributed by atoms with Gasteiger partial charge in [0.05, 0.1) is 13.0 Å². The molecular formula is C12H19N5O3. The van der Waals surface area contributed by atoms with E-state index in [2.05, 4.69) is 20.8 Å². The van der Waals surface area contributed by atoms with E-state index in [1.54, 1.807) is 0 Å². The van der Waals surface area contributed by atoms with Crippen LogP contribution in [0.15, 0.2) is 4.42 Å². The fourth-order valence-corrected chi connectivity index (χ4v) is 1.74. The molecule has 1 aromatic heterocycles. The van der Waals surface area contributed by atoms with Gasteiger partial charge in [-0.1, -0.05) is 5.10 Å². The normalized spacial score (nSPS) is 19.8. The van der Waals surface area contributed by atoms with Gasteiger partial charge in [0.1, 0.15) is 6.04 Å². The van der Waals surface area contributed by atoms with E-state index in [-0.39, 0.29) is 29.8 Å². The Kier molecular flexibility index (Phi) is 3.76. The van der Waals surface area contributed by atoms with E-state index in [0.717, 1.165) is 4.90 Å². The van der Waals surface area contributed by atoms with Crippen LogP contribution in [0.4, 0.5) is 6.01 Å². The topological polar surface area (TPSA) is 100 Å². The Morgan fingerprint density at radius 1 is 1.35 bits per heavy atom. The number of carbonyl (C=O) groups is 2. The molecule has 2 amide bonds. The summed E-state index contributed by atoms with van der Waals surface area (Å²) in [6.45, 7) is 6.53. The van der Waals surface area contributed by atoms with Gasteiger partial charge in [0, 0.05) is 12.6 Å². The zero-order valence-electron chi connectivity index (χ0n) is 12.1. The molecule has 20 heavy (non-hydrogen) atoms. The standard InChI is InChI=1S/C12H19N5O3/c1-12(2,3)13-6-8-15-16-11(20-8)14-7-5-9(18)17(4)10(7)19/h7,13H,5-6H2,1-4H3,(H,14,16). The van der Waals surface area contributed by atoms with Crippen LogP contribution in [0.25, 0.3) is 0 Å². The molecule has 0 radical (unpaired) electrons. The van der Waals surface area contributed by atoms with Crippen molar-refractivity contribution >= 4 is 17.8 Å². The van der Waals surface area contributed by atoms with Crippen molar-refractivity contribution in [2.45, 2.75) is 45.3 Å². The minimum Gasteiger partial charge on any atom is -0.407 e. The van der Waals surface area contributed by atoms with Gasteiger partial charge in [0.15, 0.2) is 0 Å². The SMILES string of the molecule is CN1C(=O)CC(Nc2nnc(CNC(C)(C)C)o2)C1=O. The van der Waals surface area contributed by atoms with Crippen LogP contribution in [0.3, 0.4) is 0 Å². The lowest BCUT2D eigenvalue weighted by Gasteiger charge is -2.18. The molecule has 1 saturated heterocycles. The van der Waals surface area contributed by atoms with Crippen LogP contribution in [0, 0.1) is 0 Å². The maximum absolute atomic E-state index is 11.7. The largest absolute Gasteiger partial charge is 0.407 e. The van der Waals surface area contributed by atoms with E-state index in [1.807, 2.05) is 20.8 Å². The predicted octanol–water partition coefficient (Wildman–Crippen LogP) is 0.127. The number of hydrogen-bond acceptors (Lipinski definition) is 7. The number of hydrogen-bond donors (Lipinski definition) is 2. The summed E-state index contributed by atoms with van der Waals surface area (Å²) in [6, 6.07) is -0.478. The highest BCUT2D eigenvalue weighted by atomic mass is 16.4. The van der Waals surface area contributed by atoms with Crippen molar-refractivity contribution in [3.63, 3.8) is 0 Å². The summed E-state index contributed by atoms with van der Waals surface area (Å²) in [5.41, 5.74) is -0.0569. The van der Waals surface area contributed by atoms with Gasteiger partial charge >= 0.3 is 6.01 Å². The molecule has 8 nitrogen and oxygen atoms in total. The second-order valence-electron chi connectivity index (χ2n) is 5.80. The van der Waals surface area contributed by atoms with E-state index in [0.29, 0.717) is 12.4 Å². The Balaban J connectivity index is 1.93. The van der Waals surface area contributed by atoms with Gasteiger partial charge in [0.25, 0.3) is 5.91 Å². The maximum atomic E-state index is 11.7. The van der Waals surface area contributed by atoms with E-state index in [4.69, 9.17) is 4.42 Å². The van der Waals surface area contributed by atoms with Gasteiger partial charge in [-0.3, -0.25) is 14.5 Å². The lowest BCUT2D eigenvalue weighted by Crippen LogP contribution is -2.35. The lowest BCUT2D eigenvalue weighted by atomic mass is 10.1. The smallest absolute Gasteiger partial charge is 0.316 e. The fraction of sp³-hybridized carbons (Fsp3) is 0.667. The third kappa shape index (κ3) is 3.32. The summed E-state index contributed by atoms with van der Waals surface area (Å²) >= 11 is 0. The number of carbonyl (C=O) groups excluding carboxylic acids is 2. The molecule has 0 aromatic carbocycles. The van der Waals surface area contributed by atoms with Gasteiger partial charge in [-0.2, -0.15) is 0 Å². The summed E-state index contributed by atoms with van der Waals surface area (Å²) in [6.07, 6.45) is 0.104. The summed E-state index contributed by atoms with van der Waals surface area (Å²) in [5.74, 6) is -0.0863. The molecule has 1 fully saturated rings. The summed E-state index contributed by atoms with van der Waals surface area (Å²) in [4.78, 5) is 24.2. The van der Waals surface area contributed by atoms with Crippen molar-refractivity contribution in [2.75, 3.05) is 12.4 Å². The number of aromatic nitrogens is 2. The molecule has 0 spiro atoms. The van der Waals surface area contributed by atoms with Crippen molar-refractivity contribution in [1.82, 2.24) is 20.4 Å². The number of amides is 2. The van der Waals surface area contributed by atoms with Gasteiger partial charge in [-0.05, 0) is 20.8 Å². The van der Waals surface area contributed by atoms with E-state index in [9.17, 15) is 9.59 Å². The highest BCUT2D eigenvalue weighted by Crippen LogP contribution is 2.16. The molecule has 110 valence electrons. The molecule has 1 aliphatic heterocycles. The van der Waals surface area contributed by atoms with E-state index < -0.39 is 6.04 Å². The Hall–Kier alpha value is -1.96. The number of imide groups is 1. The van der Waals surface area contributed by atoms with Gasteiger partial charge in [-0.15, -0.1) is 5.10 Å². The average molecular weight is 281 g/mol. The predicted molar refractivity (Wildman–Crippen MR) is 70.7 cm³/mol. The first-order valence-corrected chi connectivity index (χ1v) is 6.40. The first-order chi connectivity index (χ1) is 9.26. The molecule has 2 rings (SSSR count). The molecular weight excluding hydrogens is 262 g/mol. The minimum absolute atomic E-state index is 0.0569. The highest BCUT2D eigenvalue weighted by Gasteiger charge is 2.36. The van der Waals surface area contributed by atoms with E-state index >= 15 is 0 Å². The Bertz CT molecular complexity index is 519. The van der Waals surface area contributed by atoms with Crippen LogP contribution >= 0.6 is 0 Å². The third-order valence-electron chi connectivity index (χ3n) is 2.92. The van der Waals surface area contributed by atoms with Crippen LogP contribution in [0.5, 0.6) is 0 Å². The second kappa shape index (κ2) is 5.20. The quantitative estimate of drug-likeness (QED) is 0.756. The van der Waals surface area contributed by atoms with Crippen LogP contribution < -0.4 is 10.6 Å². The number of rotatable bonds is 4. The van der Waals surface area contributed by atoms with Crippen LogP contribution in [-0.2, 0) is 16.1 Å². The van der Waals surface area contributed by atoms with Crippen molar-refractivity contribution in [1.29, 1.82) is 0 Å². The summed E-state index contributed by atoms with van der Waals surface area (Å²) in [5, 5.41) is 13.7. The Morgan fingerprint density at radius 3 is 2.60 bits per heavy atom. The Morgan fingerprint density at radius 2 is 2.05 bits per heavy atom. The molecule has 2 N–H and O–H groups in total. The molecule has 0 aliphatic carbocycles. The molecule has 0 bridgehead atoms. The summed E-state index contributed by atoms with van der Waals surface area (Å²) < 4.78 is 5.38.